The maximum absolute atomic E-state index is 12.6. The minimum absolute atomic E-state index is 0.102. The van der Waals surface area contributed by atoms with Crippen LogP contribution in [0.3, 0.4) is 0 Å². The van der Waals surface area contributed by atoms with Crippen molar-refractivity contribution >= 4 is 11.8 Å². The van der Waals surface area contributed by atoms with Gasteiger partial charge in [-0.1, -0.05) is 19.3 Å². The Kier molecular flexibility index (Phi) is 6.45. The Morgan fingerprint density at radius 2 is 1.89 bits per heavy atom. The maximum atomic E-state index is 12.6. The van der Waals surface area contributed by atoms with Crippen molar-refractivity contribution in [3.05, 3.63) is 0 Å². The molecule has 110 valence electrons. The number of carbonyl (C=O) groups excluding carboxylic acids is 1. The molecule has 5 nitrogen and oxygen atoms in total. The SMILES string of the molecule is CN[C@@](CCCCN)(C(=O)O)C(=O)C1CCCCC1. The molecule has 0 spiro atoms. The zero-order valence-corrected chi connectivity index (χ0v) is 11.8. The highest BCUT2D eigenvalue weighted by Gasteiger charge is 2.46. The van der Waals surface area contributed by atoms with E-state index in [0.717, 1.165) is 38.5 Å². The fourth-order valence-corrected chi connectivity index (χ4v) is 2.94. The smallest absolute Gasteiger partial charge is 0.331 e. The lowest BCUT2D eigenvalue weighted by molar-refractivity contribution is -0.152. The van der Waals surface area contributed by atoms with Crippen LogP contribution in [-0.2, 0) is 9.59 Å². The molecule has 0 bridgehead atoms. The van der Waals surface area contributed by atoms with Crippen LogP contribution in [0, 0.1) is 5.92 Å². The Morgan fingerprint density at radius 1 is 1.26 bits per heavy atom. The van der Waals surface area contributed by atoms with Crippen molar-refractivity contribution in [2.75, 3.05) is 13.6 Å². The Labute approximate surface area is 114 Å². The first-order chi connectivity index (χ1) is 9.08. The van der Waals surface area contributed by atoms with Crippen LogP contribution >= 0.6 is 0 Å². The van der Waals surface area contributed by atoms with E-state index in [0.29, 0.717) is 19.4 Å². The molecule has 0 radical (unpaired) electrons. The van der Waals surface area contributed by atoms with Gasteiger partial charge in [0, 0.05) is 5.92 Å². The van der Waals surface area contributed by atoms with Gasteiger partial charge in [0.2, 0.25) is 0 Å². The lowest BCUT2D eigenvalue weighted by atomic mass is 9.76. The molecule has 1 rings (SSSR count). The second-order valence-electron chi connectivity index (χ2n) is 5.41. The van der Waals surface area contributed by atoms with Gasteiger partial charge in [-0.25, -0.2) is 4.79 Å². The zero-order valence-electron chi connectivity index (χ0n) is 11.8. The first-order valence-corrected chi connectivity index (χ1v) is 7.25. The fraction of sp³-hybridized carbons (Fsp3) is 0.857. The number of hydrogen-bond donors (Lipinski definition) is 3. The van der Waals surface area contributed by atoms with E-state index in [2.05, 4.69) is 5.32 Å². The van der Waals surface area contributed by atoms with Gasteiger partial charge in [-0.05, 0) is 45.7 Å². The van der Waals surface area contributed by atoms with Gasteiger partial charge in [-0.15, -0.1) is 0 Å². The number of likely N-dealkylation sites (N-methyl/N-ethyl adjacent to an activating group) is 1. The summed E-state index contributed by atoms with van der Waals surface area (Å²) in [5.41, 5.74) is 4.02. The number of carboxylic acid groups (broad SMARTS) is 1. The monoisotopic (exact) mass is 270 g/mol. The summed E-state index contributed by atoms with van der Waals surface area (Å²) in [7, 11) is 1.57. The summed E-state index contributed by atoms with van der Waals surface area (Å²) in [5, 5.41) is 12.3. The number of Topliss-reactive ketones (excluding diaryl/α,β-unsaturated/α-hetero) is 1. The molecule has 1 saturated carbocycles. The van der Waals surface area contributed by atoms with Crippen LogP contribution in [0.5, 0.6) is 0 Å². The highest BCUT2D eigenvalue weighted by Crippen LogP contribution is 2.30. The van der Waals surface area contributed by atoms with Crippen LogP contribution < -0.4 is 11.1 Å². The summed E-state index contributed by atoms with van der Waals surface area (Å²) in [5.74, 6) is -1.29. The number of carboxylic acids is 1. The van der Waals surface area contributed by atoms with Gasteiger partial charge in [-0.2, -0.15) is 0 Å². The summed E-state index contributed by atoms with van der Waals surface area (Å²) in [6, 6.07) is 0. The normalized spacial score (nSPS) is 19.9. The predicted octanol–water partition coefficient (Wildman–Crippen LogP) is 1.31. The molecular weight excluding hydrogens is 244 g/mol. The van der Waals surface area contributed by atoms with Crippen molar-refractivity contribution in [1.82, 2.24) is 5.32 Å². The average molecular weight is 270 g/mol. The van der Waals surface area contributed by atoms with Crippen molar-refractivity contribution < 1.29 is 14.7 Å². The highest BCUT2D eigenvalue weighted by atomic mass is 16.4. The number of nitrogens with two attached hydrogens (primary N) is 1. The Morgan fingerprint density at radius 3 is 2.37 bits per heavy atom. The third-order valence-electron chi connectivity index (χ3n) is 4.19. The molecule has 1 fully saturated rings. The lowest BCUT2D eigenvalue weighted by Gasteiger charge is -2.33. The number of unbranched alkanes of at least 4 members (excludes halogenated alkanes) is 1. The van der Waals surface area contributed by atoms with Gasteiger partial charge in [0.05, 0.1) is 0 Å². The highest BCUT2D eigenvalue weighted by molar-refractivity contribution is 6.08. The molecule has 0 aromatic rings. The number of aliphatic carboxylic acids is 1. The largest absolute Gasteiger partial charge is 0.480 e. The van der Waals surface area contributed by atoms with E-state index >= 15 is 0 Å². The van der Waals surface area contributed by atoms with Gasteiger partial charge in [-0.3, -0.25) is 10.1 Å². The molecule has 19 heavy (non-hydrogen) atoms. The molecule has 4 N–H and O–H groups in total. The summed E-state index contributed by atoms with van der Waals surface area (Å²) in [4.78, 5) is 24.2. The standard InChI is InChI=1S/C14H26N2O3/c1-16-14(13(18)19,9-5-6-10-15)12(17)11-7-3-2-4-8-11/h11,16H,2-10,15H2,1H3,(H,18,19)/t14-/m1/s1. The van der Waals surface area contributed by atoms with Crippen LogP contribution in [0.4, 0.5) is 0 Å². The summed E-state index contributed by atoms with van der Waals surface area (Å²) in [6.07, 6.45) is 6.58. The average Bonchev–Trinajstić information content (AvgIpc) is 2.44. The molecule has 1 aliphatic rings. The molecule has 0 saturated heterocycles. The summed E-state index contributed by atoms with van der Waals surface area (Å²) >= 11 is 0. The van der Waals surface area contributed by atoms with Crippen molar-refractivity contribution in [3.8, 4) is 0 Å². The first kappa shape index (κ1) is 16.1. The minimum Gasteiger partial charge on any atom is -0.480 e. The molecule has 1 atom stereocenters. The Bertz CT molecular complexity index is 314. The first-order valence-electron chi connectivity index (χ1n) is 7.25. The second kappa shape index (κ2) is 7.60. The fourth-order valence-electron chi connectivity index (χ4n) is 2.94. The number of carbonyl (C=O) groups is 2. The van der Waals surface area contributed by atoms with E-state index in [1.807, 2.05) is 0 Å². The number of hydrogen-bond acceptors (Lipinski definition) is 4. The molecule has 0 heterocycles. The Hall–Kier alpha value is -0.940. The predicted molar refractivity (Wildman–Crippen MR) is 73.9 cm³/mol. The van der Waals surface area contributed by atoms with E-state index in [-0.39, 0.29) is 11.7 Å². The molecular formula is C14H26N2O3. The van der Waals surface area contributed by atoms with Gasteiger partial charge in [0.25, 0.3) is 0 Å². The van der Waals surface area contributed by atoms with E-state index in [9.17, 15) is 14.7 Å². The van der Waals surface area contributed by atoms with Crippen molar-refractivity contribution in [2.45, 2.75) is 56.9 Å². The van der Waals surface area contributed by atoms with Crippen molar-refractivity contribution in [2.24, 2.45) is 11.7 Å². The van der Waals surface area contributed by atoms with Crippen molar-refractivity contribution in [3.63, 3.8) is 0 Å². The number of ketones is 1. The molecule has 0 aliphatic heterocycles. The van der Waals surface area contributed by atoms with Gasteiger partial charge >= 0.3 is 5.97 Å². The second-order valence-corrected chi connectivity index (χ2v) is 5.41. The van der Waals surface area contributed by atoms with Crippen LogP contribution in [0.25, 0.3) is 0 Å². The lowest BCUT2D eigenvalue weighted by Crippen LogP contribution is -2.59. The van der Waals surface area contributed by atoms with E-state index in [1.165, 1.54) is 0 Å². The third kappa shape index (κ3) is 3.76. The van der Waals surface area contributed by atoms with Crippen molar-refractivity contribution in [1.29, 1.82) is 0 Å². The maximum Gasteiger partial charge on any atom is 0.331 e. The molecule has 5 heteroatoms. The quantitative estimate of drug-likeness (QED) is 0.457. The molecule has 0 aromatic carbocycles. The van der Waals surface area contributed by atoms with Crippen LogP contribution in [0.15, 0.2) is 0 Å². The zero-order chi connectivity index (χ0) is 14.3. The van der Waals surface area contributed by atoms with E-state index in [4.69, 9.17) is 5.73 Å². The third-order valence-corrected chi connectivity index (χ3v) is 4.19. The minimum atomic E-state index is -1.42. The topological polar surface area (TPSA) is 92.4 Å². The summed E-state index contributed by atoms with van der Waals surface area (Å²) < 4.78 is 0. The molecule has 0 unspecified atom stereocenters. The van der Waals surface area contributed by atoms with Crippen LogP contribution in [-0.4, -0.2) is 36.0 Å². The number of rotatable bonds is 8. The summed E-state index contributed by atoms with van der Waals surface area (Å²) in [6.45, 7) is 0.525. The number of nitrogens with one attached hydrogen (secondary N) is 1. The van der Waals surface area contributed by atoms with Crippen LogP contribution in [0.1, 0.15) is 51.4 Å². The van der Waals surface area contributed by atoms with Gasteiger partial charge in [0.1, 0.15) is 0 Å². The Balaban J connectivity index is 2.81. The van der Waals surface area contributed by atoms with Gasteiger partial charge in [0.15, 0.2) is 11.3 Å². The van der Waals surface area contributed by atoms with Gasteiger partial charge < -0.3 is 10.8 Å². The van der Waals surface area contributed by atoms with E-state index < -0.39 is 11.5 Å². The van der Waals surface area contributed by atoms with E-state index in [1.54, 1.807) is 7.05 Å². The molecule has 1 aliphatic carbocycles. The molecule has 0 amide bonds. The van der Waals surface area contributed by atoms with Crippen LogP contribution in [0.2, 0.25) is 0 Å². The molecule has 0 aromatic heterocycles.